The SMILES string of the molecule is Cn1ccnc1[C@H](NC(=O)c1ccc(F)c(S(=O)(=O)N2CCCCC2)c1)c1ccc(F)cc1. The van der Waals surface area contributed by atoms with E-state index in [0.717, 1.165) is 18.6 Å². The molecule has 1 fully saturated rings. The van der Waals surface area contributed by atoms with Gasteiger partial charge in [-0.25, -0.2) is 22.2 Å². The lowest BCUT2D eigenvalue weighted by atomic mass is 10.1. The number of aromatic nitrogens is 2. The first-order chi connectivity index (χ1) is 15.8. The van der Waals surface area contributed by atoms with Gasteiger partial charge in [0.15, 0.2) is 0 Å². The molecule has 1 saturated heterocycles. The molecule has 0 saturated carbocycles. The van der Waals surface area contributed by atoms with Gasteiger partial charge in [0, 0.05) is 38.1 Å². The van der Waals surface area contributed by atoms with Crippen LogP contribution < -0.4 is 5.32 Å². The highest BCUT2D eigenvalue weighted by Gasteiger charge is 2.30. The van der Waals surface area contributed by atoms with Gasteiger partial charge in [-0.1, -0.05) is 18.6 Å². The Labute approximate surface area is 191 Å². The van der Waals surface area contributed by atoms with Gasteiger partial charge in [0.25, 0.3) is 5.91 Å². The average molecular weight is 475 g/mol. The molecule has 1 aliphatic heterocycles. The smallest absolute Gasteiger partial charge is 0.252 e. The number of hydrogen-bond donors (Lipinski definition) is 1. The maximum Gasteiger partial charge on any atom is 0.252 e. The van der Waals surface area contributed by atoms with Gasteiger partial charge >= 0.3 is 0 Å². The Morgan fingerprint density at radius 2 is 1.76 bits per heavy atom. The number of aryl methyl sites for hydroxylation is 1. The number of rotatable bonds is 6. The summed E-state index contributed by atoms with van der Waals surface area (Å²) >= 11 is 0. The van der Waals surface area contributed by atoms with Crippen molar-refractivity contribution in [1.82, 2.24) is 19.2 Å². The van der Waals surface area contributed by atoms with E-state index in [0.29, 0.717) is 37.3 Å². The summed E-state index contributed by atoms with van der Waals surface area (Å²) in [5.74, 6) is -1.44. The molecule has 1 amide bonds. The standard InChI is InChI=1S/C23H24F2N4O3S/c1-28-14-11-26-22(28)21(16-5-8-18(24)9-6-16)27-23(30)17-7-10-19(25)20(15-17)33(31,32)29-12-3-2-4-13-29/h5-11,14-15,21H,2-4,12-13H2,1H3,(H,27,30)/t21-/m1/s1. The van der Waals surface area contributed by atoms with Crippen molar-refractivity contribution in [3.63, 3.8) is 0 Å². The lowest BCUT2D eigenvalue weighted by molar-refractivity contribution is 0.0941. The van der Waals surface area contributed by atoms with Gasteiger partial charge < -0.3 is 9.88 Å². The minimum atomic E-state index is -4.06. The third kappa shape index (κ3) is 4.81. The van der Waals surface area contributed by atoms with Crippen LogP contribution in [0.2, 0.25) is 0 Å². The zero-order valence-corrected chi connectivity index (χ0v) is 18.9. The quantitative estimate of drug-likeness (QED) is 0.594. The fraction of sp³-hybridized carbons (Fsp3) is 0.304. The lowest BCUT2D eigenvalue weighted by Crippen LogP contribution is -2.36. The van der Waals surface area contributed by atoms with Crippen LogP contribution in [0.1, 0.15) is 47.1 Å². The van der Waals surface area contributed by atoms with Gasteiger partial charge in [-0.3, -0.25) is 4.79 Å². The average Bonchev–Trinajstić information content (AvgIpc) is 3.24. The summed E-state index contributed by atoms with van der Waals surface area (Å²) in [4.78, 5) is 16.9. The van der Waals surface area contributed by atoms with Crippen molar-refractivity contribution in [3.8, 4) is 0 Å². The molecule has 0 aliphatic carbocycles. The van der Waals surface area contributed by atoms with E-state index >= 15 is 0 Å². The monoisotopic (exact) mass is 474 g/mol. The van der Waals surface area contributed by atoms with Crippen molar-refractivity contribution in [2.75, 3.05) is 13.1 Å². The Kier molecular flexibility index (Phi) is 6.57. The highest BCUT2D eigenvalue weighted by atomic mass is 32.2. The second kappa shape index (κ2) is 9.40. The number of carbonyl (C=O) groups excluding carboxylic acids is 1. The number of imidazole rings is 1. The minimum absolute atomic E-state index is 0.00620. The molecule has 1 atom stereocenters. The summed E-state index contributed by atoms with van der Waals surface area (Å²) < 4.78 is 56.9. The molecule has 7 nitrogen and oxygen atoms in total. The Bertz CT molecular complexity index is 1250. The largest absolute Gasteiger partial charge is 0.338 e. The first-order valence-electron chi connectivity index (χ1n) is 10.6. The Hall–Kier alpha value is -3.11. The van der Waals surface area contributed by atoms with Crippen LogP contribution in [0.5, 0.6) is 0 Å². The topological polar surface area (TPSA) is 84.3 Å². The summed E-state index contributed by atoms with van der Waals surface area (Å²) in [5.41, 5.74) is 0.579. The van der Waals surface area contributed by atoms with Crippen LogP contribution in [0.15, 0.2) is 59.8 Å². The van der Waals surface area contributed by atoms with E-state index in [-0.39, 0.29) is 5.56 Å². The van der Waals surface area contributed by atoms with Crippen molar-refractivity contribution in [2.24, 2.45) is 7.05 Å². The number of halogens is 2. The molecular formula is C23H24F2N4O3S. The number of piperidine rings is 1. The Morgan fingerprint density at radius 1 is 1.06 bits per heavy atom. The third-order valence-corrected chi connectivity index (χ3v) is 7.64. The van der Waals surface area contributed by atoms with Crippen LogP contribution in [-0.2, 0) is 17.1 Å². The van der Waals surface area contributed by atoms with Crippen LogP contribution in [0.3, 0.4) is 0 Å². The molecule has 10 heteroatoms. The van der Waals surface area contributed by atoms with E-state index in [1.807, 2.05) is 0 Å². The predicted molar refractivity (Wildman–Crippen MR) is 118 cm³/mol. The first kappa shape index (κ1) is 23.1. The predicted octanol–water partition coefficient (Wildman–Crippen LogP) is 3.39. The van der Waals surface area contributed by atoms with Gasteiger partial charge in [0.2, 0.25) is 10.0 Å². The van der Waals surface area contributed by atoms with Crippen molar-refractivity contribution in [3.05, 3.63) is 83.4 Å². The van der Waals surface area contributed by atoms with Gasteiger partial charge in [-0.15, -0.1) is 0 Å². The summed E-state index contributed by atoms with van der Waals surface area (Å²) in [6.07, 6.45) is 5.63. The second-order valence-electron chi connectivity index (χ2n) is 7.96. The first-order valence-corrected chi connectivity index (χ1v) is 12.0. The van der Waals surface area contributed by atoms with Crippen molar-refractivity contribution < 1.29 is 22.0 Å². The number of benzene rings is 2. The van der Waals surface area contributed by atoms with Gasteiger partial charge in [-0.2, -0.15) is 4.31 Å². The van der Waals surface area contributed by atoms with E-state index in [2.05, 4.69) is 10.3 Å². The summed E-state index contributed by atoms with van der Waals surface area (Å²) in [5, 5.41) is 2.81. The zero-order chi connectivity index (χ0) is 23.6. The van der Waals surface area contributed by atoms with E-state index in [1.54, 1.807) is 24.0 Å². The van der Waals surface area contributed by atoms with E-state index in [4.69, 9.17) is 0 Å². The summed E-state index contributed by atoms with van der Waals surface area (Å²) in [7, 11) is -2.31. The molecule has 4 rings (SSSR count). The number of nitrogens with one attached hydrogen (secondary N) is 1. The van der Waals surface area contributed by atoms with Crippen LogP contribution in [-0.4, -0.2) is 41.3 Å². The van der Waals surface area contributed by atoms with Gasteiger partial charge in [0.05, 0.1) is 0 Å². The molecule has 1 aliphatic rings. The molecule has 1 aromatic heterocycles. The maximum absolute atomic E-state index is 14.5. The molecule has 3 aromatic rings. The van der Waals surface area contributed by atoms with Crippen LogP contribution in [0, 0.1) is 11.6 Å². The Balaban J connectivity index is 1.66. The normalized spacial score (nSPS) is 15.8. The maximum atomic E-state index is 14.5. The Morgan fingerprint density at radius 3 is 2.39 bits per heavy atom. The van der Waals surface area contributed by atoms with Crippen LogP contribution in [0.4, 0.5) is 8.78 Å². The highest BCUT2D eigenvalue weighted by molar-refractivity contribution is 7.89. The van der Waals surface area contributed by atoms with Gasteiger partial charge in [0.1, 0.15) is 28.4 Å². The van der Waals surface area contributed by atoms with Crippen molar-refractivity contribution in [1.29, 1.82) is 0 Å². The lowest BCUT2D eigenvalue weighted by Gasteiger charge is -2.26. The van der Waals surface area contributed by atoms with E-state index in [9.17, 15) is 22.0 Å². The molecule has 0 unspecified atom stereocenters. The fourth-order valence-electron chi connectivity index (χ4n) is 3.91. The van der Waals surface area contributed by atoms with Crippen LogP contribution >= 0.6 is 0 Å². The second-order valence-corrected chi connectivity index (χ2v) is 9.87. The van der Waals surface area contributed by atoms with E-state index < -0.39 is 38.5 Å². The fourth-order valence-corrected chi connectivity index (χ4v) is 5.52. The molecule has 0 radical (unpaired) electrons. The molecule has 2 aromatic carbocycles. The molecule has 1 N–H and O–H groups in total. The minimum Gasteiger partial charge on any atom is -0.338 e. The van der Waals surface area contributed by atoms with E-state index in [1.165, 1.54) is 34.6 Å². The number of carbonyl (C=O) groups is 1. The summed E-state index contributed by atoms with van der Waals surface area (Å²) in [6.45, 7) is 0.647. The summed E-state index contributed by atoms with van der Waals surface area (Å²) in [6, 6.07) is 8.17. The molecule has 33 heavy (non-hydrogen) atoms. The van der Waals surface area contributed by atoms with Crippen molar-refractivity contribution in [2.45, 2.75) is 30.2 Å². The zero-order valence-electron chi connectivity index (χ0n) is 18.0. The third-order valence-electron chi connectivity index (χ3n) is 5.72. The highest BCUT2D eigenvalue weighted by Crippen LogP contribution is 2.25. The molecular weight excluding hydrogens is 450 g/mol. The molecule has 0 bridgehead atoms. The van der Waals surface area contributed by atoms with Gasteiger partial charge in [-0.05, 0) is 48.7 Å². The number of amides is 1. The number of sulfonamides is 1. The van der Waals surface area contributed by atoms with Crippen LogP contribution in [0.25, 0.3) is 0 Å². The number of hydrogen-bond acceptors (Lipinski definition) is 4. The molecule has 2 heterocycles. The number of nitrogens with zero attached hydrogens (tertiary/aromatic N) is 3. The molecule has 0 spiro atoms. The molecule has 174 valence electrons. The van der Waals surface area contributed by atoms with Crippen molar-refractivity contribution >= 4 is 15.9 Å².